The van der Waals surface area contributed by atoms with E-state index < -0.39 is 10.0 Å². The Balaban J connectivity index is 1.43. The Morgan fingerprint density at radius 3 is 1.95 bits per heavy atom. The first kappa shape index (κ1) is 24.9. The molecule has 0 N–H and O–H groups in total. The molecule has 5 rings (SSSR count). The zero-order valence-corrected chi connectivity index (χ0v) is 21.5. The van der Waals surface area contributed by atoms with Crippen LogP contribution in [0.2, 0.25) is 0 Å². The van der Waals surface area contributed by atoms with Crippen LogP contribution in [0.25, 0.3) is 0 Å². The van der Waals surface area contributed by atoms with Crippen LogP contribution in [0.5, 0.6) is 0 Å². The van der Waals surface area contributed by atoms with Crippen molar-refractivity contribution < 1.29 is 13.2 Å². The fraction of sp³-hybridized carbons (Fsp3) is 0.167. The molecule has 0 spiro atoms. The standard InChI is InChI=1S/C30H29N3O3S/c1-24-12-17-29(30(22-24)37(34,35)32-18-20-36-21-19-32)31-23-25-13-15-28(16-14-25)33(26-8-4-2-5-9-26)27-10-6-3-7-11-27/h2-17,22-23H,18-21H2,1H3. The van der Waals surface area contributed by atoms with Crippen molar-refractivity contribution in [2.45, 2.75) is 11.8 Å². The van der Waals surface area contributed by atoms with E-state index in [1.54, 1.807) is 18.3 Å². The van der Waals surface area contributed by atoms with E-state index in [0.717, 1.165) is 28.2 Å². The summed E-state index contributed by atoms with van der Waals surface area (Å²) >= 11 is 0. The van der Waals surface area contributed by atoms with Crippen molar-refractivity contribution in [1.29, 1.82) is 0 Å². The van der Waals surface area contributed by atoms with Gasteiger partial charge in [0.2, 0.25) is 10.0 Å². The van der Waals surface area contributed by atoms with Gasteiger partial charge in [0.05, 0.1) is 18.9 Å². The predicted octanol–water partition coefficient (Wildman–Crippen LogP) is 6.24. The Labute approximate surface area is 218 Å². The highest BCUT2D eigenvalue weighted by Crippen LogP contribution is 2.34. The van der Waals surface area contributed by atoms with Crippen molar-refractivity contribution in [3.63, 3.8) is 0 Å². The van der Waals surface area contributed by atoms with Crippen LogP contribution >= 0.6 is 0 Å². The third-order valence-electron chi connectivity index (χ3n) is 6.24. The number of benzene rings is 4. The minimum absolute atomic E-state index is 0.224. The van der Waals surface area contributed by atoms with Gasteiger partial charge in [-0.05, 0) is 66.6 Å². The maximum atomic E-state index is 13.4. The van der Waals surface area contributed by atoms with Crippen molar-refractivity contribution >= 4 is 39.0 Å². The monoisotopic (exact) mass is 511 g/mol. The maximum absolute atomic E-state index is 13.4. The molecule has 7 heteroatoms. The summed E-state index contributed by atoms with van der Waals surface area (Å²) in [6.45, 7) is 3.38. The van der Waals surface area contributed by atoms with E-state index in [-0.39, 0.29) is 4.90 Å². The van der Waals surface area contributed by atoms with E-state index in [2.05, 4.69) is 34.2 Å². The molecular weight excluding hydrogens is 482 g/mol. The molecule has 6 nitrogen and oxygen atoms in total. The third-order valence-corrected chi connectivity index (χ3v) is 8.16. The first-order chi connectivity index (χ1) is 18.0. The van der Waals surface area contributed by atoms with Gasteiger partial charge in [-0.25, -0.2) is 8.42 Å². The second kappa shape index (κ2) is 11.1. The molecule has 1 aliphatic rings. The molecule has 4 aromatic carbocycles. The van der Waals surface area contributed by atoms with E-state index >= 15 is 0 Å². The van der Waals surface area contributed by atoms with Crippen molar-refractivity contribution in [1.82, 2.24) is 4.31 Å². The van der Waals surface area contributed by atoms with E-state index in [0.29, 0.717) is 32.0 Å². The third kappa shape index (κ3) is 5.64. The molecule has 0 amide bonds. The largest absolute Gasteiger partial charge is 0.379 e. The van der Waals surface area contributed by atoms with Crippen molar-refractivity contribution in [2.75, 3.05) is 31.2 Å². The van der Waals surface area contributed by atoms with Gasteiger partial charge in [0.1, 0.15) is 4.90 Å². The van der Waals surface area contributed by atoms with E-state index in [1.807, 2.05) is 73.7 Å². The van der Waals surface area contributed by atoms with Gasteiger partial charge >= 0.3 is 0 Å². The lowest BCUT2D eigenvalue weighted by Crippen LogP contribution is -2.40. The van der Waals surface area contributed by atoms with Crippen LogP contribution in [0.4, 0.5) is 22.7 Å². The Hall–Kier alpha value is -3.78. The fourth-order valence-electron chi connectivity index (χ4n) is 4.32. The molecule has 0 radical (unpaired) electrons. The Kier molecular flexibility index (Phi) is 7.46. The van der Waals surface area contributed by atoms with Gasteiger partial charge in [-0.1, -0.05) is 54.6 Å². The minimum Gasteiger partial charge on any atom is -0.379 e. The summed E-state index contributed by atoms with van der Waals surface area (Å²) in [7, 11) is -3.67. The number of hydrogen-bond acceptors (Lipinski definition) is 5. The number of ether oxygens (including phenoxy) is 1. The molecule has 0 unspecified atom stereocenters. The molecule has 188 valence electrons. The van der Waals surface area contributed by atoms with Crippen LogP contribution in [0.15, 0.2) is 113 Å². The summed E-state index contributed by atoms with van der Waals surface area (Å²) in [5, 5.41) is 0. The fourth-order valence-corrected chi connectivity index (χ4v) is 5.94. The minimum atomic E-state index is -3.67. The van der Waals surface area contributed by atoms with Gasteiger partial charge < -0.3 is 9.64 Å². The maximum Gasteiger partial charge on any atom is 0.245 e. The average molecular weight is 512 g/mol. The van der Waals surface area contributed by atoms with E-state index in [1.165, 1.54) is 4.31 Å². The number of nitrogens with zero attached hydrogens (tertiary/aromatic N) is 3. The summed E-state index contributed by atoms with van der Waals surface area (Å²) in [4.78, 5) is 7.01. The highest BCUT2D eigenvalue weighted by atomic mass is 32.2. The Morgan fingerprint density at radius 2 is 1.35 bits per heavy atom. The van der Waals surface area contributed by atoms with Gasteiger partial charge in [-0.15, -0.1) is 0 Å². The highest BCUT2D eigenvalue weighted by Gasteiger charge is 2.28. The number of aliphatic imine (C=N–C) groups is 1. The number of sulfonamides is 1. The topological polar surface area (TPSA) is 62.2 Å². The van der Waals surface area contributed by atoms with Gasteiger partial charge in [-0.3, -0.25) is 4.99 Å². The van der Waals surface area contributed by atoms with Gasteiger partial charge in [0.15, 0.2) is 0 Å². The normalized spacial score (nSPS) is 14.6. The number of rotatable bonds is 7. The Bertz CT molecular complexity index is 1430. The molecule has 37 heavy (non-hydrogen) atoms. The molecule has 0 aliphatic carbocycles. The van der Waals surface area contributed by atoms with Crippen molar-refractivity contribution in [3.8, 4) is 0 Å². The number of para-hydroxylation sites is 2. The molecule has 0 atom stereocenters. The van der Waals surface area contributed by atoms with Gasteiger partial charge in [0.25, 0.3) is 0 Å². The summed E-state index contributed by atoms with van der Waals surface area (Å²) in [5.74, 6) is 0. The zero-order chi connectivity index (χ0) is 25.7. The molecular formula is C30H29N3O3S. The smallest absolute Gasteiger partial charge is 0.245 e. The molecule has 1 fully saturated rings. The molecule has 1 heterocycles. The summed E-state index contributed by atoms with van der Waals surface area (Å²) in [5.41, 5.74) is 5.31. The molecule has 0 aromatic heterocycles. The average Bonchev–Trinajstić information content (AvgIpc) is 2.95. The lowest BCUT2D eigenvalue weighted by Gasteiger charge is -2.26. The number of aryl methyl sites for hydroxylation is 1. The first-order valence-electron chi connectivity index (χ1n) is 12.3. The highest BCUT2D eigenvalue weighted by molar-refractivity contribution is 7.89. The molecule has 1 saturated heterocycles. The van der Waals surface area contributed by atoms with Gasteiger partial charge in [-0.2, -0.15) is 4.31 Å². The van der Waals surface area contributed by atoms with Crippen LogP contribution in [-0.4, -0.2) is 45.2 Å². The predicted molar refractivity (Wildman–Crippen MR) is 149 cm³/mol. The van der Waals surface area contributed by atoms with E-state index in [9.17, 15) is 8.42 Å². The second-order valence-corrected chi connectivity index (χ2v) is 10.8. The Morgan fingerprint density at radius 1 is 0.784 bits per heavy atom. The summed E-state index contributed by atoms with van der Waals surface area (Å²) < 4.78 is 33.5. The summed E-state index contributed by atoms with van der Waals surface area (Å²) in [6, 6.07) is 33.8. The number of anilines is 3. The lowest BCUT2D eigenvalue weighted by atomic mass is 10.1. The van der Waals surface area contributed by atoms with Crippen LogP contribution < -0.4 is 4.90 Å². The van der Waals surface area contributed by atoms with E-state index in [4.69, 9.17) is 4.74 Å². The first-order valence-corrected chi connectivity index (χ1v) is 13.7. The number of hydrogen-bond donors (Lipinski definition) is 0. The van der Waals surface area contributed by atoms with Crippen LogP contribution in [-0.2, 0) is 14.8 Å². The molecule has 1 aliphatic heterocycles. The summed E-state index contributed by atoms with van der Waals surface area (Å²) in [6.07, 6.45) is 1.71. The zero-order valence-electron chi connectivity index (χ0n) is 20.7. The SMILES string of the molecule is Cc1ccc(N=Cc2ccc(N(c3ccccc3)c3ccccc3)cc2)c(S(=O)(=O)N2CCOCC2)c1. The second-order valence-electron chi connectivity index (χ2n) is 8.84. The lowest BCUT2D eigenvalue weighted by molar-refractivity contribution is 0.0730. The van der Waals surface area contributed by atoms with Crippen LogP contribution in [0, 0.1) is 6.92 Å². The van der Waals surface area contributed by atoms with Crippen molar-refractivity contribution in [2.24, 2.45) is 4.99 Å². The van der Waals surface area contributed by atoms with Crippen LogP contribution in [0.1, 0.15) is 11.1 Å². The molecule has 0 saturated carbocycles. The quantitative estimate of drug-likeness (QED) is 0.276. The molecule has 0 bridgehead atoms. The molecule has 4 aromatic rings. The van der Waals surface area contributed by atoms with Crippen molar-refractivity contribution in [3.05, 3.63) is 114 Å². The van der Waals surface area contributed by atoms with Crippen LogP contribution in [0.3, 0.4) is 0 Å². The number of morpholine rings is 1. The van der Waals surface area contributed by atoms with Gasteiger partial charge in [0, 0.05) is 36.4 Å².